The second kappa shape index (κ2) is 9.37. The fourth-order valence-electron chi connectivity index (χ4n) is 3.29. The van der Waals surface area contributed by atoms with E-state index in [-0.39, 0.29) is 35.1 Å². The Kier molecular flexibility index (Phi) is 7.41. The Morgan fingerprint density at radius 3 is 2.46 bits per heavy atom. The highest BCUT2D eigenvalue weighted by Crippen LogP contribution is 2.19. The third-order valence-electron chi connectivity index (χ3n) is 4.55. The van der Waals surface area contributed by atoms with Crippen LogP contribution in [0.5, 0.6) is 0 Å². The fourth-order valence-corrected chi connectivity index (χ4v) is 4.17. The largest absolute Gasteiger partial charge is 0.337 e. The van der Waals surface area contributed by atoms with Crippen molar-refractivity contribution in [2.45, 2.75) is 58.3 Å². The van der Waals surface area contributed by atoms with Gasteiger partial charge in [-0.3, -0.25) is 14.2 Å². The van der Waals surface area contributed by atoms with E-state index in [1.807, 2.05) is 32.6 Å². The molecule has 0 saturated heterocycles. The van der Waals surface area contributed by atoms with Gasteiger partial charge in [0.2, 0.25) is 5.91 Å². The molecule has 1 aromatic heterocycles. The van der Waals surface area contributed by atoms with Crippen LogP contribution in [0, 0.1) is 12.7 Å². The van der Waals surface area contributed by atoms with E-state index in [4.69, 9.17) is 0 Å². The summed E-state index contributed by atoms with van der Waals surface area (Å²) in [6.45, 7) is 9.73. The van der Waals surface area contributed by atoms with Crippen molar-refractivity contribution in [3.63, 3.8) is 0 Å². The zero-order chi connectivity index (χ0) is 21.0. The number of hydrogen-bond acceptors (Lipinski definition) is 4. The molecular weight excluding hydrogens is 377 g/mol. The van der Waals surface area contributed by atoms with E-state index in [1.165, 1.54) is 28.5 Å². The first kappa shape index (κ1) is 22.1. The van der Waals surface area contributed by atoms with Crippen LogP contribution in [0.1, 0.15) is 44.5 Å². The van der Waals surface area contributed by atoms with Crippen molar-refractivity contribution in [3.8, 4) is 0 Å². The third kappa shape index (κ3) is 5.22. The van der Waals surface area contributed by atoms with E-state index < -0.39 is 0 Å². The molecule has 0 saturated carbocycles. The molecule has 0 fully saturated rings. The third-order valence-corrected chi connectivity index (χ3v) is 5.56. The standard InChI is InChI=1S/C21H28FN3O2S/c1-13(2)25(14(3)4)19(26)12-28-21-23-15(5)18(20(27)24(21)6)11-16-8-7-9-17(22)10-16/h7-10,13-14H,11-12H2,1-6H3. The topological polar surface area (TPSA) is 55.2 Å². The highest BCUT2D eigenvalue weighted by Gasteiger charge is 2.21. The number of amides is 1. The van der Waals surface area contributed by atoms with Gasteiger partial charge in [-0.15, -0.1) is 0 Å². The summed E-state index contributed by atoms with van der Waals surface area (Å²) in [5, 5.41) is 0.506. The summed E-state index contributed by atoms with van der Waals surface area (Å²) >= 11 is 1.26. The number of carbonyl (C=O) groups excluding carboxylic acids is 1. The first-order valence-electron chi connectivity index (χ1n) is 9.36. The lowest BCUT2D eigenvalue weighted by molar-refractivity contribution is -0.131. The van der Waals surface area contributed by atoms with Crippen LogP contribution in [0.3, 0.4) is 0 Å². The minimum atomic E-state index is -0.328. The van der Waals surface area contributed by atoms with E-state index in [0.29, 0.717) is 22.8 Å². The SMILES string of the molecule is Cc1nc(SCC(=O)N(C(C)C)C(C)C)n(C)c(=O)c1Cc1cccc(F)c1. The van der Waals surface area contributed by atoms with E-state index in [9.17, 15) is 14.0 Å². The number of hydrogen-bond donors (Lipinski definition) is 0. The summed E-state index contributed by atoms with van der Waals surface area (Å²) in [5.74, 6) is -0.0875. The molecule has 1 amide bonds. The van der Waals surface area contributed by atoms with Crippen LogP contribution >= 0.6 is 11.8 Å². The normalized spacial score (nSPS) is 11.3. The number of halogens is 1. The molecule has 0 N–H and O–H groups in total. The number of rotatable bonds is 7. The molecule has 2 rings (SSSR count). The molecule has 0 spiro atoms. The Morgan fingerprint density at radius 1 is 1.25 bits per heavy atom. The van der Waals surface area contributed by atoms with Gasteiger partial charge in [0, 0.05) is 36.8 Å². The summed E-state index contributed by atoms with van der Waals surface area (Å²) in [6, 6.07) is 6.44. The van der Waals surface area contributed by atoms with Crippen molar-refractivity contribution >= 4 is 17.7 Å². The van der Waals surface area contributed by atoms with E-state index in [2.05, 4.69) is 4.98 Å². The van der Waals surface area contributed by atoms with Gasteiger partial charge in [0.05, 0.1) is 5.75 Å². The van der Waals surface area contributed by atoms with Gasteiger partial charge in [0.1, 0.15) is 5.82 Å². The smallest absolute Gasteiger partial charge is 0.257 e. The molecular formula is C21H28FN3O2S. The van der Waals surface area contributed by atoms with Crippen LogP contribution in [-0.2, 0) is 18.3 Å². The molecule has 0 atom stereocenters. The van der Waals surface area contributed by atoms with Crippen molar-refractivity contribution in [1.82, 2.24) is 14.5 Å². The fraction of sp³-hybridized carbons (Fsp3) is 0.476. The van der Waals surface area contributed by atoms with E-state index in [1.54, 1.807) is 26.1 Å². The Balaban J connectivity index is 2.22. The summed E-state index contributed by atoms with van der Waals surface area (Å²) < 4.78 is 14.9. The number of carbonyl (C=O) groups is 1. The maximum Gasteiger partial charge on any atom is 0.257 e. The maximum atomic E-state index is 13.4. The summed E-state index contributed by atoms with van der Waals surface area (Å²) in [7, 11) is 1.65. The lowest BCUT2D eigenvalue weighted by Gasteiger charge is -2.30. The summed E-state index contributed by atoms with van der Waals surface area (Å²) in [4.78, 5) is 31.8. The molecule has 0 aliphatic carbocycles. The molecule has 0 aliphatic rings. The molecule has 5 nitrogen and oxygen atoms in total. The van der Waals surface area contributed by atoms with Crippen molar-refractivity contribution in [2.75, 3.05) is 5.75 Å². The van der Waals surface area contributed by atoms with Gasteiger partial charge in [0.15, 0.2) is 5.16 Å². The van der Waals surface area contributed by atoms with Crippen LogP contribution in [-0.4, -0.2) is 38.2 Å². The van der Waals surface area contributed by atoms with Gasteiger partial charge in [-0.2, -0.15) is 0 Å². The lowest BCUT2D eigenvalue weighted by Crippen LogP contribution is -2.43. The Labute approximate surface area is 170 Å². The molecule has 0 unspecified atom stereocenters. The van der Waals surface area contributed by atoms with Crippen LogP contribution < -0.4 is 5.56 Å². The van der Waals surface area contributed by atoms with Gasteiger partial charge in [-0.1, -0.05) is 23.9 Å². The van der Waals surface area contributed by atoms with Crippen molar-refractivity contribution in [1.29, 1.82) is 0 Å². The quantitative estimate of drug-likeness (QED) is 0.522. The predicted molar refractivity (Wildman–Crippen MR) is 111 cm³/mol. The minimum Gasteiger partial charge on any atom is -0.337 e. The summed E-state index contributed by atoms with van der Waals surface area (Å²) in [6.07, 6.45) is 0.321. The Morgan fingerprint density at radius 2 is 1.89 bits per heavy atom. The van der Waals surface area contributed by atoms with Gasteiger partial charge < -0.3 is 4.90 Å². The lowest BCUT2D eigenvalue weighted by atomic mass is 10.1. The van der Waals surface area contributed by atoms with Crippen LogP contribution in [0.25, 0.3) is 0 Å². The van der Waals surface area contributed by atoms with E-state index in [0.717, 1.165) is 5.56 Å². The molecule has 0 aliphatic heterocycles. The van der Waals surface area contributed by atoms with Gasteiger partial charge in [-0.05, 0) is 52.3 Å². The minimum absolute atomic E-state index is 0.0192. The van der Waals surface area contributed by atoms with E-state index >= 15 is 0 Å². The number of aromatic nitrogens is 2. The second-order valence-corrected chi connectivity index (χ2v) is 8.35. The maximum absolute atomic E-state index is 13.4. The molecule has 0 radical (unpaired) electrons. The molecule has 7 heteroatoms. The number of benzene rings is 1. The van der Waals surface area contributed by atoms with Gasteiger partial charge in [-0.25, -0.2) is 9.37 Å². The van der Waals surface area contributed by atoms with Crippen LogP contribution in [0.2, 0.25) is 0 Å². The van der Waals surface area contributed by atoms with Crippen LogP contribution in [0.15, 0.2) is 34.2 Å². The molecule has 152 valence electrons. The molecule has 1 aromatic carbocycles. The highest BCUT2D eigenvalue weighted by atomic mass is 32.2. The van der Waals surface area contributed by atoms with Crippen LogP contribution in [0.4, 0.5) is 4.39 Å². The number of thioether (sulfide) groups is 1. The predicted octanol–water partition coefficient (Wildman–Crippen LogP) is 3.56. The zero-order valence-corrected chi connectivity index (χ0v) is 18.1. The molecule has 28 heavy (non-hydrogen) atoms. The second-order valence-electron chi connectivity index (χ2n) is 7.41. The number of nitrogens with zero attached hydrogens (tertiary/aromatic N) is 3. The van der Waals surface area contributed by atoms with Crippen molar-refractivity contribution in [3.05, 3.63) is 57.3 Å². The first-order valence-corrected chi connectivity index (χ1v) is 10.3. The average Bonchev–Trinajstić information content (AvgIpc) is 2.60. The van der Waals surface area contributed by atoms with Gasteiger partial charge in [0.25, 0.3) is 5.56 Å². The first-order chi connectivity index (χ1) is 13.1. The van der Waals surface area contributed by atoms with Crippen molar-refractivity contribution in [2.24, 2.45) is 7.05 Å². The molecule has 2 aromatic rings. The summed E-state index contributed by atoms with van der Waals surface area (Å²) in [5.41, 5.74) is 1.69. The zero-order valence-electron chi connectivity index (χ0n) is 17.3. The molecule has 1 heterocycles. The monoisotopic (exact) mass is 405 g/mol. The Hall–Kier alpha value is -2.15. The van der Waals surface area contributed by atoms with Gasteiger partial charge >= 0.3 is 0 Å². The van der Waals surface area contributed by atoms with Crippen molar-refractivity contribution < 1.29 is 9.18 Å². The highest BCUT2D eigenvalue weighted by molar-refractivity contribution is 7.99. The Bertz CT molecular complexity index is 901. The molecule has 0 bridgehead atoms. The average molecular weight is 406 g/mol. The number of aryl methyl sites for hydroxylation is 1.